The number of rotatable bonds is 4. The molecule has 0 saturated heterocycles. The molecule has 0 saturated carbocycles. The van der Waals surface area contributed by atoms with Crippen molar-refractivity contribution in [3.63, 3.8) is 0 Å². The fraction of sp³-hybridized carbons (Fsp3) is 0.500. The lowest BCUT2D eigenvalue weighted by atomic mass is 10.1. The highest BCUT2D eigenvalue weighted by molar-refractivity contribution is 5.16. The summed E-state index contributed by atoms with van der Waals surface area (Å²) < 4.78 is 1.95. The Morgan fingerprint density at radius 2 is 2.46 bits per heavy atom. The maximum atomic E-state index is 4.30. The Morgan fingerprint density at radius 1 is 1.77 bits per heavy atom. The molecule has 1 N–H and O–H groups in total. The van der Waals surface area contributed by atoms with Gasteiger partial charge in [-0.3, -0.25) is 0 Å². The average Bonchev–Trinajstić information content (AvgIpc) is 2.46. The van der Waals surface area contributed by atoms with Crippen LogP contribution in [0.5, 0.6) is 0 Å². The number of nitrogens with zero attached hydrogens (tertiary/aromatic N) is 2. The molecule has 0 aliphatic heterocycles. The van der Waals surface area contributed by atoms with Gasteiger partial charge in [-0.25, -0.2) is 4.98 Å². The number of imidazole rings is 1. The van der Waals surface area contributed by atoms with Crippen molar-refractivity contribution in [2.24, 2.45) is 7.05 Å². The summed E-state index contributed by atoms with van der Waals surface area (Å²) in [6.45, 7) is 8.97. The largest absolute Gasteiger partial charge is 0.340 e. The van der Waals surface area contributed by atoms with Gasteiger partial charge in [-0.05, 0) is 13.5 Å². The third-order valence-corrected chi connectivity index (χ3v) is 1.92. The van der Waals surface area contributed by atoms with Crippen molar-refractivity contribution in [1.82, 2.24) is 14.9 Å². The number of hydrogen-bond donors (Lipinski definition) is 1. The van der Waals surface area contributed by atoms with Gasteiger partial charge in [0.25, 0.3) is 0 Å². The van der Waals surface area contributed by atoms with E-state index in [1.165, 1.54) is 0 Å². The number of aromatic nitrogens is 2. The van der Waals surface area contributed by atoms with Gasteiger partial charge < -0.3 is 9.88 Å². The molecule has 0 amide bonds. The molecule has 3 heteroatoms. The molecule has 0 bridgehead atoms. The highest BCUT2D eigenvalue weighted by Crippen LogP contribution is 2.17. The second-order valence-electron chi connectivity index (χ2n) is 3.30. The third kappa shape index (κ3) is 2.42. The molecule has 1 aromatic heterocycles. The van der Waals surface area contributed by atoms with Crippen LogP contribution in [0.4, 0.5) is 0 Å². The van der Waals surface area contributed by atoms with Gasteiger partial charge >= 0.3 is 0 Å². The lowest BCUT2D eigenvalue weighted by Gasteiger charge is -2.14. The van der Waals surface area contributed by atoms with Gasteiger partial charge in [-0.1, -0.05) is 19.1 Å². The molecule has 0 aliphatic rings. The molecule has 13 heavy (non-hydrogen) atoms. The predicted molar refractivity (Wildman–Crippen MR) is 54.4 cm³/mol. The Labute approximate surface area is 79.5 Å². The van der Waals surface area contributed by atoms with Crippen LogP contribution in [-0.2, 0) is 7.05 Å². The summed E-state index contributed by atoms with van der Waals surface area (Å²) >= 11 is 0. The van der Waals surface area contributed by atoms with Crippen molar-refractivity contribution in [2.45, 2.75) is 19.9 Å². The second kappa shape index (κ2) is 4.23. The molecular weight excluding hydrogens is 162 g/mol. The molecule has 72 valence electrons. The third-order valence-electron chi connectivity index (χ3n) is 1.92. The van der Waals surface area contributed by atoms with Crippen LogP contribution in [-0.4, -0.2) is 16.1 Å². The van der Waals surface area contributed by atoms with Gasteiger partial charge in [-0.15, -0.1) is 0 Å². The lowest BCUT2D eigenvalue weighted by molar-refractivity contribution is 0.608. The molecule has 0 aromatic carbocycles. The van der Waals surface area contributed by atoms with E-state index in [2.05, 4.69) is 23.8 Å². The lowest BCUT2D eigenvalue weighted by Crippen LogP contribution is -2.21. The standard InChI is InChI=1S/C10H17N3/c1-5-11-10(8(2)3)9-6-13(4)7-12-9/h6-7,10-11H,2,5H2,1,3-4H3. The van der Waals surface area contributed by atoms with E-state index in [0.29, 0.717) is 0 Å². The molecule has 1 unspecified atom stereocenters. The smallest absolute Gasteiger partial charge is 0.0947 e. The Morgan fingerprint density at radius 3 is 2.85 bits per heavy atom. The van der Waals surface area contributed by atoms with Gasteiger partial charge in [0, 0.05) is 13.2 Å². The molecular formula is C10H17N3. The Balaban J connectivity index is 2.81. The number of aryl methyl sites for hydroxylation is 1. The Bertz CT molecular complexity index is 288. The van der Waals surface area contributed by atoms with Crippen molar-refractivity contribution in [3.05, 3.63) is 30.4 Å². The van der Waals surface area contributed by atoms with Crippen LogP contribution < -0.4 is 5.32 Å². The number of likely N-dealkylation sites (N-methyl/N-ethyl adjacent to an activating group) is 1. The second-order valence-corrected chi connectivity index (χ2v) is 3.30. The first-order valence-electron chi connectivity index (χ1n) is 4.51. The summed E-state index contributed by atoms with van der Waals surface area (Å²) in [6, 6.07) is 0.186. The summed E-state index contributed by atoms with van der Waals surface area (Å²) in [6.07, 6.45) is 3.82. The van der Waals surface area contributed by atoms with E-state index < -0.39 is 0 Å². The maximum absolute atomic E-state index is 4.30. The summed E-state index contributed by atoms with van der Waals surface area (Å²) in [5.74, 6) is 0. The van der Waals surface area contributed by atoms with Crippen LogP contribution in [0.1, 0.15) is 25.6 Å². The molecule has 0 radical (unpaired) electrons. The van der Waals surface area contributed by atoms with Crippen molar-refractivity contribution in [3.8, 4) is 0 Å². The molecule has 0 spiro atoms. The quantitative estimate of drug-likeness (QED) is 0.712. The first-order valence-corrected chi connectivity index (χ1v) is 4.51. The summed E-state index contributed by atoms with van der Waals surface area (Å²) in [5.41, 5.74) is 2.14. The van der Waals surface area contributed by atoms with Crippen LogP contribution in [0.25, 0.3) is 0 Å². The fourth-order valence-corrected chi connectivity index (χ4v) is 1.32. The fourth-order valence-electron chi connectivity index (χ4n) is 1.32. The normalized spacial score (nSPS) is 12.8. The zero-order valence-corrected chi connectivity index (χ0v) is 8.54. The van der Waals surface area contributed by atoms with Crippen molar-refractivity contribution >= 4 is 0 Å². The summed E-state index contributed by atoms with van der Waals surface area (Å²) in [5, 5.41) is 3.34. The van der Waals surface area contributed by atoms with Crippen molar-refractivity contribution in [1.29, 1.82) is 0 Å². The summed E-state index contributed by atoms with van der Waals surface area (Å²) in [4.78, 5) is 4.30. The molecule has 0 fully saturated rings. The van der Waals surface area contributed by atoms with E-state index >= 15 is 0 Å². The molecule has 1 atom stereocenters. The van der Waals surface area contributed by atoms with Gasteiger partial charge in [-0.2, -0.15) is 0 Å². The number of nitrogens with one attached hydrogen (secondary N) is 1. The first-order chi connectivity index (χ1) is 6.15. The molecule has 1 aromatic rings. The van der Waals surface area contributed by atoms with E-state index in [9.17, 15) is 0 Å². The highest BCUT2D eigenvalue weighted by atomic mass is 15.0. The molecule has 1 rings (SSSR count). The van der Waals surface area contributed by atoms with E-state index in [1.807, 2.05) is 31.1 Å². The van der Waals surface area contributed by atoms with Gasteiger partial charge in [0.15, 0.2) is 0 Å². The molecule has 1 heterocycles. The minimum atomic E-state index is 0.186. The molecule has 0 aliphatic carbocycles. The van der Waals surface area contributed by atoms with Crippen LogP contribution in [0, 0.1) is 0 Å². The van der Waals surface area contributed by atoms with E-state index in [1.54, 1.807) is 0 Å². The first kappa shape index (κ1) is 9.99. The highest BCUT2D eigenvalue weighted by Gasteiger charge is 2.12. The number of hydrogen-bond acceptors (Lipinski definition) is 2. The molecule has 3 nitrogen and oxygen atoms in total. The van der Waals surface area contributed by atoms with Crippen molar-refractivity contribution in [2.75, 3.05) is 6.54 Å². The van der Waals surface area contributed by atoms with E-state index in [0.717, 1.165) is 17.8 Å². The van der Waals surface area contributed by atoms with Crippen LogP contribution >= 0.6 is 0 Å². The summed E-state index contributed by atoms with van der Waals surface area (Å²) in [7, 11) is 1.97. The van der Waals surface area contributed by atoms with Gasteiger partial charge in [0.1, 0.15) is 0 Å². The minimum Gasteiger partial charge on any atom is -0.340 e. The van der Waals surface area contributed by atoms with Crippen molar-refractivity contribution < 1.29 is 0 Å². The zero-order valence-electron chi connectivity index (χ0n) is 8.54. The van der Waals surface area contributed by atoms with Gasteiger partial charge in [0.2, 0.25) is 0 Å². The monoisotopic (exact) mass is 179 g/mol. The van der Waals surface area contributed by atoms with Crippen LogP contribution in [0.15, 0.2) is 24.7 Å². The predicted octanol–water partition coefficient (Wildman–Crippen LogP) is 1.65. The van der Waals surface area contributed by atoms with Crippen LogP contribution in [0.3, 0.4) is 0 Å². The Hall–Kier alpha value is -1.09. The SMILES string of the molecule is C=C(C)C(NCC)c1cn(C)cn1. The van der Waals surface area contributed by atoms with Crippen LogP contribution in [0.2, 0.25) is 0 Å². The van der Waals surface area contributed by atoms with E-state index in [4.69, 9.17) is 0 Å². The van der Waals surface area contributed by atoms with Gasteiger partial charge in [0.05, 0.1) is 18.1 Å². The maximum Gasteiger partial charge on any atom is 0.0947 e. The Kier molecular flexibility index (Phi) is 3.25. The van der Waals surface area contributed by atoms with E-state index in [-0.39, 0.29) is 6.04 Å². The average molecular weight is 179 g/mol. The minimum absolute atomic E-state index is 0.186. The topological polar surface area (TPSA) is 29.9 Å². The zero-order chi connectivity index (χ0) is 9.84.